The van der Waals surface area contributed by atoms with Crippen LogP contribution in [0.5, 0.6) is 0 Å². The van der Waals surface area contributed by atoms with Gasteiger partial charge in [-0.25, -0.2) is 0 Å². The highest BCUT2D eigenvalue weighted by atomic mass is 35.5. The molecule has 2 rings (SSSR count). The quantitative estimate of drug-likeness (QED) is 0.858. The third-order valence-electron chi connectivity index (χ3n) is 2.79. The number of hydrogen-bond acceptors (Lipinski definition) is 3. The first-order valence-electron chi connectivity index (χ1n) is 5.86. The number of carbonyl (C=O) groups excluding carboxylic acids is 1. The average Bonchev–Trinajstić information content (AvgIpc) is 2.88. The molecular weight excluding hydrogens is 309 g/mol. The molecule has 0 aliphatic carbocycles. The summed E-state index contributed by atoms with van der Waals surface area (Å²) in [7, 11) is 0. The molecule has 0 saturated carbocycles. The molecule has 4 nitrogen and oxygen atoms in total. The zero-order valence-corrected chi connectivity index (χ0v) is 11.3. The molecule has 1 N–H and O–H groups in total. The molecule has 0 fully saturated rings. The van der Waals surface area contributed by atoms with Crippen molar-refractivity contribution in [2.75, 3.05) is 0 Å². The van der Waals surface area contributed by atoms with Gasteiger partial charge in [0.25, 0.3) is 6.47 Å². The Bertz CT molecular complexity index is 611. The van der Waals surface area contributed by atoms with Crippen LogP contribution in [0.1, 0.15) is 23.1 Å². The molecule has 1 unspecified atom stereocenters. The van der Waals surface area contributed by atoms with Gasteiger partial charge in [-0.1, -0.05) is 23.7 Å². The maximum atomic E-state index is 12.5. The maximum absolute atomic E-state index is 12.5. The van der Waals surface area contributed by atoms with Gasteiger partial charge in [-0.3, -0.25) is 9.89 Å². The SMILES string of the molecule is O=COC(Cc1cc(C(F)(F)F)n[nH]1)c1ccc(Cl)cc1. The van der Waals surface area contributed by atoms with E-state index >= 15 is 0 Å². The number of aromatic amines is 1. The second kappa shape index (κ2) is 6.17. The van der Waals surface area contributed by atoms with Crippen LogP contribution >= 0.6 is 11.6 Å². The molecule has 0 amide bonds. The smallest absolute Gasteiger partial charge is 0.435 e. The van der Waals surface area contributed by atoms with Crippen molar-refractivity contribution in [1.82, 2.24) is 10.2 Å². The minimum absolute atomic E-state index is 0.0451. The summed E-state index contributed by atoms with van der Waals surface area (Å²) in [4.78, 5) is 10.6. The van der Waals surface area contributed by atoms with Crippen molar-refractivity contribution in [2.45, 2.75) is 18.7 Å². The summed E-state index contributed by atoms with van der Waals surface area (Å²) in [5.41, 5.74) is -0.183. The second-order valence-corrected chi connectivity index (χ2v) is 4.69. The molecule has 8 heteroatoms. The Kier molecular flexibility index (Phi) is 4.52. The highest BCUT2D eigenvalue weighted by Crippen LogP contribution is 2.29. The largest absolute Gasteiger partial charge is 0.459 e. The normalized spacial score (nSPS) is 13.0. The Morgan fingerprint density at radius 1 is 1.33 bits per heavy atom. The predicted octanol–water partition coefficient (Wildman–Crippen LogP) is 3.54. The Balaban J connectivity index is 2.18. The van der Waals surface area contributed by atoms with Gasteiger partial charge in [0.1, 0.15) is 6.10 Å². The monoisotopic (exact) mass is 318 g/mol. The fourth-order valence-electron chi connectivity index (χ4n) is 1.80. The second-order valence-electron chi connectivity index (χ2n) is 4.25. The van der Waals surface area contributed by atoms with Gasteiger partial charge >= 0.3 is 6.18 Å². The summed E-state index contributed by atoms with van der Waals surface area (Å²) in [5.74, 6) is 0. The van der Waals surface area contributed by atoms with E-state index in [1.807, 2.05) is 0 Å². The number of carbonyl (C=O) groups is 1. The van der Waals surface area contributed by atoms with Crippen molar-refractivity contribution >= 4 is 18.1 Å². The molecule has 0 aliphatic rings. The summed E-state index contributed by atoms with van der Waals surface area (Å²) >= 11 is 5.76. The van der Waals surface area contributed by atoms with Crippen LogP contribution in [0.15, 0.2) is 30.3 Å². The molecule has 0 spiro atoms. The number of hydrogen-bond donors (Lipinski definition) is 1. The van der Waals surface area contributed by atoms with E-state index in [0.29, 0.717) is 10.6 Å². The third-order valence-corrected chi connectivity index (χ3v) is 3.04. The van der Waals surface area contributed by atoms with Gasteiger partial charge in [-0.15, -0.1) is 0 Å². The number of nitrogens with zero attached hydrogens (tertiary/aromatic N) is 1. The molecule has 0 saturated heterocycles. The fraction of sp³-hybridized carbons (Fsp3) is 0.231. The van der Waals surface area contributed by atoms with Crippen LogP contribution < -0.4 is 0 Å². The highest BCUT2D eigenvalue weighted by molar-refractivity contribution is 6.30. The molecule has 1 atom stereocenters. The molecule has 0 bridgehead atoms. The number of halogens is 4. The van der Waals surface area contributed by atoms with Gasteiger partial charge in [-0.2, -0.15) is 18.3 Å². The number of nitrogens with one attached hydrogen (secondary N) is 1. The standard InChI is InChI=1S/C13H10ClF3N2O2/c14-9-3-1-8(2-4-9)11(21-7-20)5-10-6-12(19-18-10)13(15,16)17/h1-4,6-7,11H,5H2,(H,18,19). The van der Waals surface area contributed by atoms with Gasteiger partial charge in [0.05, 0.1) is 0 Å². The van der Waals surface area contributed by atoms with Crippen LogP contribution in [0, 0.1) is 0 Å². The topological polar surface area (TPSA) is 55.0 Å². The number of alkyl halides is 3. The number of aromatic nitrogens is 2. The van der Waals surface area contributed by atoms with Crippen molar-refractivity contribution in [3.63, 3.8) is 0 Å². The third kappa shape index (κ3) is 3.98. The van der Waals surface area contributed by atoms with Crippen LogP contribution in [-0.2, 0) is 22.1 Å². The van der Waals surface area contributed by atoms with Gasteiger partial charge in [-0.05, 0) is 23.8 Å². The molecule has 0 radical (unpaired) electrons. The van der Waals surface area contributed by atoms with Crippen LogP contribution in [0.3, 0.4) is 0 Å². The summed E-state index contributed by atoms with van der Waals surface area (Å²) in [5, 5.41) is 5.99. The van der Waals surface area contributed by atoms with E-state index in [-0.39, 0.29) is 18.6 Å². The first-order chi connectivity index (χ1) is 9.90. The van der Waals surface area contributed by atoms with E-state index in [4.69, 9.17) is 16.3 Å². The lowest BCUT2D eigenvalue weighted by Crippen LogP contribution is -2.07. The predicted molar refractivity (Wildman–Crippen MR) is 68.6 cm³/mol. The molecule has 21 heavy (non-hydrogen) atoms. The Morgan fingerprint density at radius 2 is 2.00 bits per heavy atom. The summed E-state index contributed by atoms with van der Waals surface area (Å²) in [6, 6.07) is 7.37. The lowest BCUT2D eigenvalue weighted by Gasteiger charge is -2.14. The summed E-state index contributed by atoms with van der Waals surface area (Å²) < 4.78 is 42.3. The number of benzene rings is 1. The minimum atomic E-state index is -4.52. The number of rotatable bonds is 5. The lowest BCUT2D eigenvalue weighted by molar-refractivity contribution is -0.141. The van der Waals surface area contributed by atoms with Crippen molar-refractivity contribution in [1.29, 1.82) is 0 Å². The first-order valence-corrected chi connectivity index (χ1v) is 6.24. The molecule has 1 aromatic heterocycles. The molecule has 2 aromatic rings. The molecule has 1 heterocycles. The average molecular weight is 319 g/mol. The Hall–Kier alpha value is -2.02. The van der Waals surface area contributed by atoms with Crippen molar-refractivity contribution in [3.8, 4) is 0 Å². The van der Waals surface area contributed by atoms with Crippen LogP contribution in [-0.4, -0.2) is 16.7 Å². The van der Waals surface area contributed by atoms with E-state index in [1.54, 1.807) is 24.3 Å². The minimum Gasteiger partial charge on any atom is -0.459 e. The zero-order chi connectivity index (χ0) is 15.5. The van der Waals surface area contributed by atoms with E-state index in [2.05, 4.69) is 10.2 Å². The Morgan fingerprint density at radius 3 is 2.52 bits per heavy atom. The number of H-pyrrole nitrogens is 1. The van der Waals surface area contributed by atoms with E-state index in [9.17, 15) is 18.0 Å². The van der Waals surface area contributed by atoms with Crippen molar-refractivity contribution < 1.29 is 22.7 Å². The molecule has 112 valence electrons. The first kappa shape index (κ1) is 15.4. The van der Waals surface area contributed by atoms with Crippen molar-refractivity contribution in [3.05, 3.63) is 52.3 Å². The van der Waals surface area contributed by atoms with Crippen LogP contribution in [0.25, 0.3) is 0 Å². The van der Waals surface area contributed by atoms with Crippen molar-refractivity contribution in [2.24, 2.45) is 0 Å². The summed E-state index contributed by atoms with van der Waals surface area (Å²) in [6.07, 6.45) is -5.19. The highest BCUT2D eigenvalue weighted by Gasteiger charge is 2.34. The van der Waals surface area contributed by atoms with Gasteiger partial charge in [0, 0.05) is 17.1 Å². The van der Waals surface area contributed by atoms with Gasteiger partial charge in [0.2, 0.25) is 0 Å². The van der Waals surface area contributed by atoms with Crippen LogP contribution in [0.2, 0.25) is 5.02 Å². The fourth-order valence-corrected chi connectivity index (χ4v) is 1.93. The Labute approximate surface area is 122 Å². The molecule has 1 aromatic carbocycles. The van der Waals surface area contributed by atoms with Crippen LogP contribution in [0.4, 0.5) is 13.2 Å². The lowest BCUT2D eigenvalue weighted by atomic mass is 10.0. The number of ether oxygens (including phenoxy) is 1. The van der Waals surface area contributed by atoms with E-state index < -0.39 is 18.0 Å². The molecule has 0 aliphatic heterocycles. The van der Waals surface area contributed by atoms with Gasteiger partial charge in [0.15, 0.2) is 5.69 Å². The van der Waals surface area contributed by atoms with Gasteiger partial charge < -0.3 is 4.74 Å². The molecular formula is C13H10ClF3N2O2. The van der Waals surface area contributed by atoms with E-state index in [0.717, 1.165) is 6.07 Å². The zero-order valence-electron chi connectivity index (χ0n) is 10.5. The maximum Gasteiger partial charge on any atom is 0.435 e. The van der Waals surface area contributed by atoms with E-state index in [1.165, 1.54) is 0 Å². The summed E-state index contributed by atoms with van der Waals surface area (Å²) in [6.45, 7) is 0.250.